The second-order valence-electron chi connectivity index (χ2n) is 5.10. The minimum atomic E-state index is 0.878. The molecule has 0 aliphatic carbocycles. The van der Waals surface area contributed by atoms with Crippen LogP contribution in [0.1, 0.15) is 11.1 Å². The van der Waals surface area contributed by atoms with Crippen molar-refractivity contribution in [3.63, 3.8) is 0 Å². The van der Waals surface area contributed by atoms with Gasteiger partial charge in [-0.15, -0.1) is 0 Å². The van der Waals surface area contributed by atoms with Gasteiger partial charge < -0.3 is 4.74 Å². The van der Waals surface area contributed by atoms with E-state index in [1.54, 1.807) is 7.11 Å². The van der Waals surface area contributed by atoms with Crippen LogP contribution in [0.3, 0.4) is 0 Å². The molecule has 0 aliphatic rings. The summed E-state index contributed by atoms with van der Waals surface area (Å²) >= 11 is 0. The smallest absolute Gasteiger partial charge is 0.118 e. The molecule has 0 heterocycles. The quantitative estimate of drug-likeness (QED) is 0.573. The molecule has 3 aromatic carbocycles. The molecule has 0 saturated heterocycles. The zero-order valence-electron chi connectivity index (χ0n) is 12.6. The molecule has 3 aromatic rings. The lowest BCUT2D eigenvalue weighted by Gasteiger charge is -2.03. The molecule has 0 bridgehead atoms. The Morgan fingerprint density at radius 3 is 2.05 bits per heavy atom. The molecule has 0 atom stereocenters. The van der Waals surface area contributed by atoms with Crippen LogP contribution in [0.5, 0.6) is 5.75 Å². The van der Waals surface area contributed by atoms with E-state index < -0.39 is 0 Å². The Balaban J connectivity index is 1.81. The van der Waals surface area contributed by atoms with Crippen molar-refractivity contribution < 1.29 is 4.74 Å². The molecule has 0 N–H and O–H groups in total. The van der Waals surface area contributed by atoms with Gasteiger partial charge in [-0.05, 0) is 40.5 Å². The van der Waals surface area contributed by atoms with Gasteiger partial charge in [-0.1, -0.05) is 72.8 Å². The fraction of sp³-hybridized carbons (Fsp3) is 0.0476. The van der Waals surface area contributed by atoms with Crippen LogP contribution < -0.4 is 4.74 Å². The lowest BCUT2D eigenvalue weighted by atomic mass is 10.0. The summed E-state index contributed by atoms with van der Waals surface area (Å²) in [4.78, 5) is 0. The van der Waals surface area contributed by atoms with E-state index in [-0.39, 0.29) is 0 Å². The Labute approximate surface area is 131 Å². The lowest BCUT2D eigenvalue weighted by molar-refractivity contribution is 0.415. The molecule has 0 amide bonds. The molecule has 0 spiro atoms. The molecule has 1 nitrogen and oxygen atoms in total. The van der Waals surface area contributed by atoms with Gasteiger partial charge in [0.2, 0.25) is 0 Å². The van der Waals surface area contributed by atoms with E-state index in [9.17, 15) is 0 Å². The van der Waals surface area contributed by atoms with Crippen molar-refractivity contribution in [1.82, 2.24) is 0 Å². The Morgan fingerprint density at radius 2 is 1.32 bits per heavy atom. The average molecular weight is 286 g/mol. The van der Waals surface area contributed by atoms with Crippen LogP contribution in [0.15, 0.2) is 78.9 Å². The minimum Gasteiger partial charge on any atom is -0.497 e. The predicted molar refractivity (Wildman–Crippen MR) is 93.8 cm³/mol. The number of methoxy groups -OCH3 is 1. The van der Waals surface area contributed by atoms with Crippen molar-refractivity contribution >= 4 is 12.2 Å². The monoisotopic (exact) mass is 286 g/mol. The Kier molecular flexibility index (Phi) is 4.35. The fourth-order valence-electron chi connectivity index (χ4n) is 2.36. The van der Waals surface area contributed by atoms with Crippen molar-refractivity contribution in [1.29, 1.82) is 0 Å². The zero-order valence-corrected chi connectivity index (χ0v) is 12.6. The molecule has 1 heteroatoms. The van der Waals surface area contributed by atoms with Crippen LogP contribution >= 0.6 is 0 Å². The van der Waals surface area contributed by atoms with Gasteiger partial charge in [0.1, 0.15) is 5.75 Å². The second kappa shape index (κ2) is 6.77. The molecule has 0 saturated carbocycles. The number of hydrogen-bond donors (Lipinski definition) is 0. The fourth-order valence-corrected chi connectivity index (χ4v) is 2.36. The van der Waals surface area contributed by atoms with Crippen molar-refractivity contribution in [3.8, 4) is 16.9 Å². The first-order valence-corrected chi connectivity index (χ1v) is 7.33. The number of rotatable bonds is 4. The highest BCUT2D eigenvalue weighted by Crippen LogP contribution is 2.21. The van der Waals surface area contributed by atoms with Crippen LogP contribution in [-0.2, 0) is 0 Å². The number of ether oxygens (including phenoxy) is 1. The molecule has 0 unspecified atom stereocenters. The van der Waals surface area contributed by atoms with Crippen LogP contribution in [0, 0.1) is 0 Å². The van der Waals surface area contributed by atoms with Gasteiger partial charge >= 0.3 is 0 Å². The summed E-state index contributed by atoms with van der Waals surface area (Å²) < 4.78 is 5.17. The summed E-state index contributed by atoms with van der Waals surface area (Å²) in [7, 11) is 1.68. The third-order valence-electron chi connectivity index (χ3n) is 3.58. The molecular weight excluding hydrogens is 268 g/mol. The topological polar surface area (TPSA) is 9.23 Å². The Bertz CT molecular complexity index is 755. The summed E-state index contributed by atoms with van der Waals surface area (Å²) in [6, 6.07) is 27.0. The molecule has 0 fully saturated rings. The van der Waals surface area contributed by atoms with Crippen LogP contribution in [0.25, 0.3) is 23.3 Å². The Hall–Kier alpha value is -2.80. The highest BCUT2D eigenvalue weighted by atomic mass is 16.5. The van der Waals surface area contributed by atoms with Crippen molar-refractivity contribution in [2.75, 3.05) is 7.11 Å². The van der Waals surface area contributed by atoms with Gasteiger partial charge in [0, 0.05) is 0 Å². The average Bonchev–Trinajstić information content (AvgIpc) is 2.61. The maximum absolute atomic E-state index is 5.17. The molecule has 0 aliphatic heterocycles. The predicted octanol–water partition coefficient (Wildman–Crippen LogP) is 5.53. The van der Waals surface area contributed by atoms with Crippen molar-refractivity contribution in [2.24, 2.45) is 0 Å². The summed E-state index contributed by atoms with van der Waals surface area (Å²) in [6.45, 7) is 0. The first-order valence-electron chi connectivity index (χ1n) is 7.33. The third kappa shape index (κ3) is 3.44. The van der Waals surface area contributed by atoms with E-state index in [2.05, 4.69) is 72.8 Å². The Morgan fingerprint density at radius 1 is 0.636 bits per heavy atom. The number of benzene rings is 3. The van der Waals surface area contributed by atoms with Crippen molar-refractivity contribution in [3.05, 3.63) is 90.0 Å². The van der Waals surface area contributed by atoms with E-state index in [1.807, 2.05) is 18.2 Å². The molecule has 108 valence electrons. The van der Waals surface area contributed by atoms with E-state index in [0.717, 1.165) is 11.3 Å². The summed E-state index contributed by atoms with van der Waals surface area (Å²) in [5.41, 5.74) is 4.82. The molecule has 0 radical (unpaired) electrons. The first kappa shape index (κ1) is 14.2. The largest absolute Gasteiger partial charge is 0.497 e. The summed E-state index contributed by atoms with van der Waals surface area (Å²) in [5, 5.41) is 0. The van der Waals surface area contributed by atoms with Crippen LogP contribution in [0.4, 0.5) is 0 Å². The third-order valence-corrected chi connectivity index (χ3v) is 3.58. The van der Waals surface area contributed by atoms with Crippen LogP contribution in [0.2, 0.25) is 0 Å². The maximum atomic E-state index is 5.17. The highest BCUT2D eigenvalue weighted by molar-refractivity contribution is 5.73. The van der Waals surface area contributed by atoms with E-state index in [1.165, 1.54) is 16.7 Å². The van der Waals surface area contributed by atoms with Gasteiger partial charge in [-0.2, -0.15) is 0 Å². The SMILES string of the molecule is COc1ccc(/C=C/c2cccc(-c3ccccc3)c2)cc1. The highest BCUT2D eigenvalue weighted by Gasteiger charge is 1.97. The van der Waals surface area contributed by atoms with Gasteiger partial charge in [-0.25, -0.2) is 0 Å². The van der Waals surface area contributed by atoms with Gasteiger partial charge in [-0.3, -0.25) is 0 Å². The van der Waals surface area contributed by atoms with E-state index in [0.29, 0.717) is 0 Å². The lowest BCUT2D eigenvalue weighted by Crippen LogP contribution is -1.81. The number of hydrogen-bond acceptors (Lipinski definition) is 1. The van der Waals surface area contributed by atoms with Crippen molar-refractivity contribution in [2.45, 2.75) is 0 Å². The van der Waals surface area contributed by atoms with Gasteiger partial charge in [0.15, 0.2) is 0 Å². The van der Waals surface area contributed by atoms with E-state index >= 15 is 0 Å². The standard InChI is InChI=1S/C21H18O/c1-22-21-14-12-17(13-15-21)10-11-18-6-5-9-20(16-18)19-7-3-2-4-8-19/h2-16H,1H3/b11-10+. The maximum Gasteiger partial charge on any atom is 0.118 e. The first-order chi connectivity index (χ1) is 10.8. The van der Waals surface area contributed by atoms with Crippen LogP contribution in [-0.4, -0.2) is 7.11 Å². The zero-order chi connectivity index (χ0) is 15.2. The summed E-state index contributed by atoms with van der Waals surface area (Å²) in [6.07, 6.45) is 4.25. The second-order valence-corrected chi connectivity index (χ2v) is 5.10. The van der Waals surface area contributed by atoms with Gasteiger partial charge in [0.05, 0.1) is 7.11 Å². The normalized spacial score (nSPS) is 10.8. The molecule has 0 aromatic heterocycles. The minimum absolute atomic E-state index is 0.878. The van der Waals surface area contributed by atoms with Gasteiger partial charge in [0.25, 0.3) is 0 Å². The molecule has 22 heavy (non-hydrogen) atoms. The summed E-state index contributed by atoms with van der Waals surface area (Å²) in [5.74, 6) is 0.878. The molecular formula is C21H18O. The van der Waals surface area contributed by atoms with E-state index in [4.69, 9.17) is 4.74 Å². The molecule has 3 rings (SSSR count).